The van der Waals surface area contributed by atoms with Gasteiger partial charge in [-0.2, -0.15) is 0 Å². The van der Waals surface area contributed by atoms with E-state index in [-0.39, 0.29) is 11.8 Å². The fraction of sp³-hybridized carbons (Fsp3) is 0.333. The van der Waals surface area contributed by atoms with Gasteiger partial charge in [0.05, 0.1) is 7.11 Å². The molecule has 0 saturated carbocycles. The van der Waals surface area contributed by atoms with Crippen molar-refractivity contribution in [1.82, 2.24) is 5.32 Å². The number of ether oxygens (including phenoxy) is 1. The molecule has 2 aromatic carbocycles. The molecular formula is C18H23NO2. The van der Waals surface area contributed by atoms with Gasteiger partial charge in [-0.3, -0.25) is 0 Å². The number of rotatable bonds is 6. The van der Waals surface area contributed by atoms with Gasteiger partial charge < -0.3 is 15.2 Å². The van der Waals surface area contributed by atoms with Gasteiger partial charge in [-0.1, -0.05) is 37.3 Å². The van der Waals surface area contributed by atoms with E-state index in [4.69, 9.17) is 4.74 Å². The molecular weight excluding hydrogens is 262 g/mol. The van der Waals surface area contributed by atoms with Crippen molar-refractivity contribution in [3.05, 3.63) is 59.2 Å². The second kappa shape index (κ2) is 7.14. The first kappa shape index (κ1) is 15.4. The van der Waals surface area contributed by atoms with E-state index in [1.54, 1.807) is 13.2 Å². The minimum absolute atomic E-state index is 0.234. The maximum absolute atomic E-state index is 9.95. The maximum Gasteiger partial charge on any atom is 0.123 e. The second-order valence-electron chi connectivity index (χ2n) is 5.19. The van der Waals surface area contributed by atoms with E-state index in [9.17, 15) is 5.11 Å². The minimum Gasteiger partial charge on any atom is -0.507 e. The molecule has 1 atom stereocenters. The number of benzene rings is 2. The summed E-state index contributed by atoms with van der Waals surface area (Å²) in [6.07, 6.45) is 1.06. The predicted molar refractivity (Wildman–Crippen MR) is 85.7 cm³/mol. The van der Waals surface area contributed by atoms with Crippen molar-refractivity contribution in [3.8, 4) is 11.5 Å². The van der Waals surface area contributed by atoms with Crippen LogP contribution in [-0.4, -0.2) is 12.2 Å². The predicted octanol–water partition coefficient (Wildman–Crippen LogP) is 3.81. The first-order chi connectivity index (χ1) is 10.1. The molecule has 0 heterocycles. The Morgan fingerprint density at radius 1 is 1.14 bits per heavy atom. The number of aryl methyl sites for hydroxylation is 1. The van der Waals surface area contributed by atoms with Gasteiger partial charge in [0.1, 0.15) is 11.5 Å². The lowest BCUT2D eigenvalue weighted by molar-refractivity contribution is 0.405. The molecule has 0 aliphatic rings. The molecule has 0 bridgehead atoms. The third kappa shape index (κ3) is 3.99. The number of hydrogen-bond donors (Lipinski definition) is 2. The van der Waals surface area contributed by atoms with Gasteiger partial charge in [-0.25, -0.2) is 0 Å². The van der Waals surface area contributed by atoms with Crippen molar-refractivity contribution in [1.29, 1.82) is 0 Å². The lowest BCUT2D eigenvalue weighted by atomic mass is 10.0. The van der Waals surface area contributed by atoms with Crippen LogP contribution in [0.15, 0.2) is 42.5 Å². The largest absolute Gasteiger partial charge is 0.507 e. The van der Waals surface area contributed by atoms with E-state index in [0.29, 0.717) is 12.3 Å². The lowest BCUT2D eigenvalue weighted by Gasteiger charge is -2.15. The quantitative estimate of drug-likeness (QED) is 0.848. The lowest BCUT2D eigenvalue weighted by Crippen LogP contribution is -2.18. The number of phenols is 1. The van der Waals surface area contributed by atoms with E-state index in [0.717, 1.165) is 12.0 Å². The summed E-state index contributed by atoms with van der Waals surface area (Å²) in [5, 5.41) is 13.4. The third-order valence-electron chi connectivity index (χ3n) is 3.78. The Balaban J connectivity index is 1.98. The number of methoxy groups -OCH3 is 1. The summed E-state index contributed by atoms with van der Waals surface area (Å²) in [6.45, 7) is 4.90. The molecule has 2 N–H and O–H groups in total. The van der Waals surface area contributed by atoms with Gasteiger partial charge in [-0.15, -0.1) is 0 Å². The van der Waals surface area contributed by atoms with Crippen molar-refractivity contribution >= 4 is 0 Å². The van der Waals surface area contributed by atoms with Crippen LogP contribution in [0.5, 0.6) is 11.5 Å². The maximum atomic E-state index is 9.95. The fourth-order valence-corrected chi connectivity index (χ4v) is 2.24. The highest BCUT2D eigenvalue weighted by Crippen LogP contribution is 2.24. The van der Waals surface area contributed by atoms with Crippen LogP contribution >= 0.6 is 0 Å². The minimum atomic E-state index is 0.234. The molecule has 0 saturated heterocycles. The van der Waals surface area contributed by atoms with E-state index in [1.807, 2.05) is 12.1 Å². The molecule has 0 amide bonds. The molecule has 1 unspecified atom stereocenters. The Labute approximate surface area is 126 Å². The summed E-state index contributed by atoms with van der Waals surface area (Å²) in [5.74, 6) is 0.926. The highest BCUT2D eigenvalue weighted by Gasteiger charge is 2.07. The molecule has 21 heavy (non-hydrogen) atoms. The normalized spacial score (nSPS) is 12.1. The Hall–Kier alpha value is -2.00. The van der Waals surface area contributed by atoms with Crippen LogP contribution in [0.25, 0.3) is 0 Å². The standard InChI is InChI=1S/C18H23NO2/c1-4-14-5-7-15(8-6-14)13(2)19-12-16-9-10-17(21-3)11-18(16)20/h5-11,13,19-20H,4,12H2,1-3H3. The summed E-state index contributed by atoms with van der Waals surface area (Å²) in [6, 6.07) is 14.3. The second-order valence-corrected chi connectivity index (χ2v) is 5.19. The zero-order valence-electron chi connectivity index (χ0n) is 12.9. The Morgan fingerprint density at radius 3 is 2.43 bits per heavy atom. The molecule has 0 radical (unpaired) electrons. The van der Waals surface area contributed by atoms with E-state index < -0.39 is 0 Å². The van der Waals surface area contributed by atoms with Crippen molar-refractivity contribution < 1.29 is 9.84 Å². The monoisotopic (exact) mass is 285 g/mol. The Bertz CT molecular complexity index is 578. The van der Waals surface area contributed by atoms with Crippen molar-refractivity contribution in [3.63, 3.8) is 0 Å². The summed E-state index contributed by atoms with van der Waals surface area (Å²) < 4.78 is 5.09. The van der Waals surface area contributed by atoms with Crippen LogP contribution in [0.3, 0.4) is 0 Å². The fourth-order valence-electron chi connectivity index (χ4n) is 2.24. The van der Waals surface area contributed by atoms with Gasteiger partial charge in [0.2, 0.25) is 0 Å². The van der Waals surface area contributed by atoms with Crippen molar-refractivity contribution in [2.45, 2.75) is 32.9 Å². The topological polar surface area (TPSA) is 41.5 Å². The van der Waals surface area contributed by atoms with Crippen LogP contribution in [0.4, 0.5) is 0 Å². The van der Waals surface area contributed by atoms with E-state index in [2.05, 4.69) is 43.4 Å². The third-order valence-corrected chi connectivity index (χ3v) is 3.78. The van der Waals surface area contributed by atoms with Crippen LogP contribution in [0.2, 0.25) is 0 Å². The van der Waals surface area contributed by atoms with Gasteiger partial charge >= 0.3 is 0 Å². The molecule has 3 nitrogen and oxygen atoms in total. The molecule has 2 rings (SSSR count). The summed E-state index contributed by atoms with van der Waals surface area (Å²) >= 11 is 0. The van der Waals surface area contributed by atoms with Gasteiger partial charge in [0, 0.05) is 24.2 Å². The van der Waals surface area contributed by atoms with Gasteiger partial charge in [-0.05, 0) is 30.5 Å². The molecule has 112 valence electrons. The first-order valence-electron chi connectivity index (χ1n) is 7.32. The highest BCUT2D eigenvalue weighted by atomic mass is 16.5. The van der Waals surface area contributed by atoms with Gasteiger partial charge in [0.25, 0.3) is 0 Å². The molecule has 2 aromatic rings. The molecule has 0 fully saturated rings. The number of phenolic OH excluding ortho intramolecular Hbond substituents is 1. The SMILES string of the molecule is CCc1ccc(C(C)NCc2ccc(OC)cc2O)cc1. The van der Waals surface area contributed by atoms with Crippen LogP contribution in [-0.2, 0) is 13.0 Å². The summed E-state index contributed by atoms with van der Waals surface area (Å²) in [5.41, 5.74) is 3.46. The first-order valence-corrected chi connectivity index (χ1v) is 7.32. The molecule has 3 heteroatoms. The van der Waals surface area contributed by atoms with Crippen LogP contribution in [0.1, 0.15) is 36.6 Å². The zero-order chi connectivity index (χ0) is 15.2. The smallest absolute Gasteiger partial charge is 0.123 e. The summed E-state index contributed by atoms with van der Waals surface area (Å²) in [4.78, 5) is 0. The average molecular weight is 285 g/mol. The molecule has 0 aromatic heterocycles. The zero-order valence-corrected chi connectivity index (χ0v) is 12.9. The van der Waals surface area contributed by atoms with Crippen LogP contribution in [0, 0.1) is 0 Å². The molecule has 0 spiro atoms. The Kier molecular flexibility index (Phi) is 5.23. The number of aromatic hydroxyl groups is 1. The van der Waals surface area contributed by atoms with E-state index >= 15 is 0 Å². The van der Waals surface area contributed by atoms with Gasteiger partial charge in [0.15, 0.2) is 0 Å². The Morgan fingerprint density at radius 2 is 1.86 bits per heavy atom. The van der Waals surface area contributed by atoms with E-state index in [1.165, 1.54) is 11.1 Å². The number of hydrogen-bond acceptors (Lipinski definition) is 3. The number of nitrogens with one attached hydrogen (secondary N) is 1. The molecule has 0 aliphatic heterocycles. The van der Waals surface area contributed by atoms with Crippen molar-refractivity contribution in [2.24, 2.45) is 0 Å². The van der Waals surface area contributed by atoms with Crippen LogP contribution < -0.4 is 10.1 Å². The highest BCUT2D eigenvalue weighted by molar-refractivity contribution is 5.39. The average Bonchev–Trinajstić information content (AvgIpc) is 2.53. The summed E-state index contributed by atoms with van der Waals surface area (Å²) in [7, 11) is 1.59. The molecule has 0 aliphatic carbocycles. The van der Waals surface area contributed by atoms with Crippen molar-refractivity contribution in [2.75, 3.05) is 7.11 Å².